The lowest BCUT2D eigenvalue weighted by Crippen LogP contribution is -2.57. The predicted octanol–water partition coefficient (Wildman–Crippen LogP) is 5.38. The number of rotatable bonds is 3. The SMILES string of the molecule is Cc1cc(CN2CCC(F)(C(=O)N3CCN(C4=Nc5ccccc5Oc5ccc(Cl)cc54)CC3)CC2)ccn1. The number of likely N-dealkylation sites (tertiary alicyclic amines) is 1. The van der Waals surface area contributed by atoms with Gasteiger partial charge in [0.05, 0.1) is 5.56 Å². The normalized spacial score (nSPS) is 18.9. The molecule has 0 N–H and O–H groups in total. The van der Waals surface area contributed by atoms with Crippen LogP contribution in [0.5, 0.6) is 11.5 Å². The first-order chi connectivity index (χ1) is 18.9. The maximum Gasteiger partial charge on any atom is 0.260 e. The van der Waals surface area contributed by atoms with Crippen LogP contribution >= 0.6 is 11.6 Å². The average Bonchev–Trinajstić information content (AvgIpc) is 3.11. The lowest BCUT2D eigenvalue weighted by Gasteiger charge is -2.41. The summed E-state index contributed by atoms with van der Waals surface area (Å²) < 4.78 is 22.1. The number of ether oxygens (including phenoxy) is 1. The molecule has 9 heteroatoms. The van der Waals surface area contributed by atoms with Gasteiger partial charge in [0.1, 0.15) is 17.3 Å². The number of piperidine rings is 1. The first-order valence-corrected chi connectivity index (χ1v) is 13.8. The Morgan fingerprint density at radius 1 is 1.00 bits per heavy atom. The number of para-hydroxylation sites is 2. The summed E-state index contributed by atoms with van der Waals surface area (Å²) >= 11 is 6.34. The van der Waals surface area contributed by atoms with E-state index in [1.165, 1.54) is 0 Å². The summed E-state index contributed by atoms with van der Waals surface area (Å²) in [5, 5.41) is 0.592. The molecule has 2 fully saturated rings. The molecule has 0 saturated carbocycles. The molecule has 0 bridgehead atoms. The maximum absolute atomic E-state index is 15.9. The molecular formula is C30H31ClFN5O2. The van der Waals surface area contributed by atoms with Crippen molar-refractivity contribution >= 4 is 29.0 Å². The number of aromatic nitrogens is 1. The number of fused-ring (bicyclic) bond motifs is 2. The number of pyridine rings is 1. The van der Waals surface area contributed by atoms with E-state index in [1.807, 2.05) is 49.4 Å². The third-order valence-corrected chi connectivity index (χ3v) is 7.99. The van der Waals surface area contributed by atoms with E-state index in [-0.39, 0.29) is 18.7 Å². The van der Waals surface area contributed by atoms with E-state index >= 15 is 4.39 Å². The van der Waals surface area contributed by atoms with Crippen molar-refractivity contribution in [3.63, 3.8) is 0 Å². The van der Waals surface area contributed by atoms with Crippen LogP contribution in [0.2, 0.25) is 5.02 Å². The quantitative estimate of drug-likeness (QED) is 0.441. The second-order valence-electron chi connectivity index (χ2n) is 10.5. The van der Waals surface area contributed by atoms with Gasteiger partial charge in [0.25, 0.3) is 5.91 Å². The molecular weight excluding hydrogens is 517 g/mol. The third-order valence-electron chi connectivity index (χ3n) is 7.76. The van der Waals surface area contributed by atoms with Gasteiger partial charge in [0.2, 0.25) is 0 Å². The minimum Gasteiger partial charge on any atom is -0.454 e. The van der Waals surface area contributed by atoms with Crippen LogP contribution in [0.15, 0.2) is 65.8 Å². The number of aryl methyl sites for hydroxylation is 1. The van der Waals surface area contributed by atoms with Gasteiger partial charge < -0.3 is 14.5 Å². The first-order valence-electron chi connectivity index (χ1n) is 13.4. The van der Waals surface area contributed by atoms with Crippen molar-refractivity contribution in [3.8, 4) is 11.5 Å². The number of amidine groups is 1. The summed E-state index contributed by atoms with van der Waals surface area (Å²) in [5.41, 5.74) is 1.84. The summed E-state index contributed by atoms with van der Waals surface area (Å²) in [6.07, 6.45) is 2.22. The third kappa shape index (κ3) is 5.36. The summed E-state index contributed by atoms with van der Waals surface area (Å²) in [4.78, 5) is 28.6. The molecule has 4 heterocycles. The Bertz CT molecular complexity index is 1410. The summed E-state index contributed by atoms with van der Waals surface area (Å²) in [7, 11) is 0. The second kappa shape index (κ2) is 10.6. The summed E-state index contributed by atoms with van der Waals surface area (Å²) in [5.74, 6) is 1.72. The number of hydrogen-bond acceptors (Lipinski definition) is 6. The molecule has 1 amide bonds. The van der Waals surface area contributed by atoms with E-state index in [2.05, 4.69) is 20.9 Å². The first kappa shape index (κ1) is 25.8. The standard InChI is InChI=1S/C30H31ClFN5O2/c1-21-18-22(8-11-33-21)20-35-12-9-30(32,10-13-35)29(38)37-16-14-36(15-17-37)28-24-19-23(31)6-7-26(24)39-27-5-3-2-4-25(27)34-28/h2-8,11,18-19H,9-10,12-17,20H2,1H3. The van der Waals surface area contributed by atoms with Crippen LogP contribution in [0.3, 0.4) is 0 Å². The fourth-order valence-corrected chi connectivity index (χ4v) is 5.75. The fraction of sp³-hybridized carbons (Fsp3) is 0.367. The Morgan fingerprint density at radius 2 is 1.77 bits per heavy atom. The van der Waals surface area contributed by atoms with Crippen molar-refractivity contribution in [2.45, 2.75) is 32.0 Å². The number of carbonyl (C=O) groups excluding carboxylic acids is 1. The smallest absolute Gasteiger partial charge is 0.260 e. The molecule has 3 aliphatic rings. The highest BCUT2D eigenvalue weighted by atomic mass is 35.5. The number of halogens is 2. The van der Waals surface area contributed by atoms with E-state index in [0.717, 1.165) is 34.9 Å². The number of hydrogen-bond donors (Lipinski definition) is 0. The lowest BCUT2D eigenvalue weighted by atomic mass is 9.91. The second-order valence-corrected chi connectivity index (χ2v) is 10.9. The highest BCUT2D eigenvalue weighted by Crippen LogP contribution is 2.39. The zero-order valence-electron chi connectivity index (χ0n) is 21.9. The van der Waals surface area contributed by atoms with Crippen LogP contribution in [0.25, 0.3) is 0 Å². The Balaban J connectivity index is 1.12. The summed E-state index contributed by atoms with van der Waals surface area (Å²) in [6.45, 7) is 5.77. The van der Waals surface area contributed by atoms with Crippen molar-refractivity contribution in [1.82, 2.24) is 19.7 Å². The Hall–Kier alpha value is -3.49. The topological polar surface area (TPSA) is 61.3 Å². The molecule has 0 spiro atoms. The van der Waals surface area contributed by atoms with E-state index < -0.39 is 5.67 Å². The van der Waals surface area contributed by atoms with Crippen molar-refractivity contribution in [1.29, 1.82) is 0 Å². The predicted molar refractivity (Wildman–Crippen MR) is 150 cm³/mol. The number of carbonyl (C=O) groups is 1. The largest absolute Gasteiger partial charge is 0.454 e. The van der Waals surface area contributed by atoms with Gasteiger partial charge >= 0.3 is 0 Å². The average molecular weight is 548 g/mol. The van der Waals surface area contributed by atoms with Gasteiger partial charge in [-0.05, 0) is 55.0 Å². The summed E-state index contributed by atoms with van der Waals surface area (Å²) in [6, 6.07) is 17.2. The molecule has 6 rings (SSSR count). The van der Waals surface area contributed by atoms with Crippen molar-refractivity contribution in [2.75, 3.05) is 39.3 Å². The molecule has 0 unspecified atom stereocenters. The van der Waals surface area contributed by atoms with Crippen LogP contribution in [-0.2, 0) is 11.3 Å². The minimum atomic E-state index is -1.82. The van der Waals surface area contributed by atoms with Gasteiger partial charge in [0, 0.05) is 75.6 Å². The zero-order valence-corrected chi connectivity index (χ0v) is 22.7. The van der Waals surface area contributed by atoms with Crippen molar-refractivity contribution < 1.29 is 13.9 Å². The van der Waals surface area contributed by atoms with Gasteiger partial charge in [-0.1, -0.05) is 23.7 Å². The van der Waals surface area contributed by atoms with Gasteiger partial charge in [0.15, 0.2) is 11.4 Å². The number of nitrogens with zero attached hydrogens (tertiary/aromatic N) is 5. The number of alkyl halides is 1. The Labute approximate surface area is 232 Å². The Kier molecular flexibility index (Phi) is 6.99. The Morgan fingerprint density at radius 3 is 2.54 bits per heavy atom. The molecule has 0 radical (unpaired) electrons. The van der Waals surface area contributed by atoms with E-state index in [4.69, 9.17) is 21.3 Å². The van der Waals surface area contributed by atoms with Crippen LogP contribution in [-0.4, -0.2) is 76.4 Å². The molecule has 0 aliphatic carbocycles. The molecule has 1 aromatic heterocycles. The molecule has 2 saturated heterocycles. The molecule has 3 aliphatic heterocycles. The van der Waals surface area contributed by atoms with Gasteiger partial charge in [-0.3, -0.25) is 14.7 Å². The molecule has 202 valence electrons. The van der Waals surface area contributed by atoms with Crippen molar-refractivity contribution in [2.24, 2.45) is 4.99 Å². The van der Waals surface area contributed by atoms with Gasteiger partial charge in [-0.2, -0.15) is 0 Å². The molecule has 39 heavy (non-hydrogen) atoms. The fourth-order valence-electron chi connectivity index (χ4n) is 5.58. The molecule has 0 atom stereocenters. The zero-order chi connectivity index (χ0) is 27.0. The minimum absolute atomic E-state index is 0.211. The highest BCUT2D eigenvalue weighted by molar-refractivity contribution is 6.31. The van der Waals surface area contributed by atoms with Gasteiger partial charge in [-0.15, -0.1) is 0 Å². The van der Waals surface area contributed by atoms with E-state index in [0.29, 0.717) is 55.8 Å². The van der Waals surface area contributed by atoms with Gasteiger partial charge in [-0.25, -0.2) is 9.38 Å². The maximum atomic E-state index is 15.9. The van der Waals surface area contributed by atoms with E-state index in [9.17, 15) is 4.79 Å². The number of benzene rings is 2. The molecule has 7 nitrogen and oxygen atoms in total. The van der Waals surface area contributed by atoms with E-state index in [1.54, 1.807) is 17.2 Å². The molecule has 3 aromatic rings. The van der Waals surface area contributed by atoms with Crippen LogP contribution in [0.1, 0.15) is 29.7 Å². The molecule has 2 aromatic carbocycles. The van der Waals surface area contributed by atoms with Crippen molar-refractivity contribution in [3.05, 3.63) is 82.6 Å². The van der Waals surface area contributed by atoms with Crippen LogP contribution in [0, 0.1) is 6.92 Å². The number of piperazine rings is 1. The monoisotopic (exact) mass is 547 g/mol. The lowest BCUT2D eigenvalue weighted by molar-refractivity contribution is -0.148. The van der Waals surface area contributed by atoms with Crippen LogP contribution in [0.4, 0.5) is 10.1 Å². The number of aliphatic imine (C=N–C) groups is 1. The number of amides is 1. The van der Waals surface area contributed by atoms with Crippen LogP contribution < -0.4 is 4.74 Å². The highest BCUT2D eigenvalue weighted by Gasteiger charge is 2.45.